The van der Waals surface area contributed by atoms with E-state index < -0.39 is 69.7 Å². The molecule has 0 aromatic heterocycles. The molecule has 0 fully saturated rings. The molecule has 3 aromatic carbocycles. The molecule has 1 unspecified atom stereocenters. The van der Waals surface area contributed by atoms with Crippen molar-refractivity contribution in [3.63, 3.8) is 0 Å². The number of allylic oxidation sites excluding steroid dienone is 6. The van der Waals surface area contributed by atoms with Gasteiger partial charge in [0.2, 0.25) is 5.69 Å². The first kappa shape index (κ1) is 45.2. The maximum Gasteiger partial charge on any atom is 0.335 e. The number of aryl methyl sites for hydroxylation is 2. The molecule has 1 atom stereocenters. The van der Waals surface area contributed by atoms with Gasteiger partial charge in [-0.2, -0.15) is 29.8 Å². The first-order valence-corrected chi connectivity index (χ1v) is 24.7. The molecule has 0 bridgehead atoms. The van der Waals surface area contributed by atoms with Gasteiger partial charge in [0, 0.05) is 53.0 Å². The lowest BCUT2D eigenvalue weighted by atomic mass is 9.74. The first-order valence-electron chi connectivity index (χ1n) is 18.9. The van der Waals surface area contributed by atoms with Crippen molar-refractivity contribution in [3.8, 4) is 11.1 Å². The van der Waals surface area contributed by atoms with Crippen molar-refractivity contribution in [3.05, 3.63) is 106 Å². The molecular formula is C41H47N2O13S4+. The lowest BCUT2D eigenvalue weighted by Gasteiger charge is -2.30. The third kappa shape index (κ3) is 8.85. The Bertz CT molecular complexity index is 2820. The Labute approximate surface area is 352 Å². The van der Waals surface area contributed by atoms with Gasteiger partial charge in [0.1, 0.15) is 6.54 Å². The number of anilines is 1. The van der Waals surface area contributed by atoms with Gasteiger partial charge in [0.25, 0.3) is 30.4 Å². The van der Waals surface area contributed by atoms with Crippen molar-refractivity contribution >= 4 is 64.5 Å². The molecule has 0 radical (unpaired) electrons. The van der Waals surface area contributed by atoms with Crippen LogP contribution in [0.15, 0.2) is 82.3 Å². The molecule has 60 heavy (non-hydrogen) atoms. The summed E-state index contributed by atoms with van der Waals surface area (Å²) < 4.78 is 125. The van der Waals surface area contributed by atoms with Gasteiger partial charge in [0.05, 0.1) is 32.3 Å². The molecule has 0 amide bonds. The topological polar surface area (TPSA) is 244 Å². The second-order valence-corrected chi connectivity index (χ2v) is 21.7. The average Bonchev–Trinajstić information content (AvgIpc) is 3.47. The Balaban J connectivity index is 1.44. The summed E-state index contributed by atoms with van der Waals surface area (Å²) in [6, 6.07) is 9.05. The quantitative estimate of drug-likeness (QED) is 0.0539. The highest BCUT2D eigenvalue weighted by Gasteiger charge is 2.46. The summed E-state index contributed by atoms with van der Waals surface area (Å²) in [5.41, 5.74) is 5.92. The van der Waals surface area contributed by atoms with E-state index in [2.05, 4.69) is 0 Å². The second-order valence-electron chi connectivity index (χ2n) is 16.2. The minimum atomic E-state index is -4.52. The standard InChI is InChI=1S/C41H46N2O13S4/c1-25-21-28(60(54,55)56)22-26-13-15-29-37(36(25)26)33(57(46)47)24-32-38(29)41(4,5)35(43(32)18-10-20-59(51,52)53)12-8-6-7-11-34-40(2,3)30-23-27(39(44)45)14-16-31(30)42(34)17-9-19-58(48,49)50/h6-8,11-12,14,16,21-24H,9-10,13,15,17-20H2,1-5H3,(H4-,44,45,46,47,48,49,50,51,52,53,54,55,56)/p+1. The Morgan fingerprint density at radius 1 is 0.867 bits per heavy atom. The van der Waals surface area contributed by atoms with Crippen LogP contribution >= 0.6 is 0 Å². The maximum atomic E-state index is 13.1. The number of fused-ring (bicyclic) bond motifs is 6. The molecule has 5 N–H and O–H groups in total. The molecule has 2 heterocycles. The van der Waals surface area contributed by atoms with Crippen LogP contribution in [0.4, 0.5) is 11.4 Å². The van der Waals surface area contributed by atoms with E-state index in [0.717, 1.165) is 28.1 Å². The smallest absolute Gasteiger partial charge is 0.335 e. The van der Waals surface area contributed by atoms with Gasteiger partial charge in [-0.1, -0.05) is 32.1 Å². The molecule has 6 rings (SSSR count). The van der Waals surface area contributed by atoms with Gasteiger partial charge >= 0.3 is 5.97 Å². The maximum absolute atomic E-state index is 13.1. The summed E-state index contributed by atoms with van der Waals surface area (Å²) in [6.45, 7) is 9.83. The van der Waals surface area contributed by atoms with Crippen LogP contribution in [0.25, 0.3) is 11.1 Å². The number of nitrogens with zero attached hydrogens (tertiary/aromatic N) is 2. The lowest BCUT2D eigenvalue weighted by molar-refractivity contribution is -0.437. The fraction of sp³-hybridized carbons (Fsp3) is 0.366. The van der Waals surface area contributed by atoms with Gasteiger partial charge in [-0.3, -0.25) is 13.7 Å². The third-order valence-electron chi connectivity index (χ3n) is 11.4. The number of aromatic carboxylic acids is 1. The number of carboxylic acid groups (broad SMARTS) is 1. The SMILES string of the molecule is Cc1cc(S(=O)(=O)O)cc2c1-c1c(S(=O)O)cc3c(c1CC2)C(C)(C)/C(=C/C=C/C=C/C1=[N+](CCCS(=O)(=O)O)c2ccc(C(=O)O)cc2C1(C)C)N3CCCS(=O)(=O)O. The molecule has 2 aliphatic heterocycles. The lowest BCUT2D eigenvalue weighted by Crippen LogP contribution is -2.28. The summed E-state index contributed by atoms with van der Waals surface area (Å²) in [6.07, 6.45) is 9.87. The fourth-order valence-electron chi connectivity index (χ4n) is 8.91. The van der Waals surface area contributed by atoms with E-state index in [0.29, 0.717) is 46.5 Å². The van der Waals surface area contributed by atoms with E-state index in [-0.39, 0.29) is 41.3 Å². The number of hydrogen-bond donors (Lipinski definition) is 5. The Morgan fingerprint density at radius 3 is 2.15 bits per heavy atom. The molecule has 3 aliphatic rings. The number of rotatable bonds is 14. The number of carboxylic acids is 1. The van der Waals surface area contributed by atoms with Crippen molar-refractivity contribution < 1.29 is 62.1 Å². The summed E-state index contributed by atoms with van der Waals surface area (Å²) >= 11 is -2.51. The van der Waals surface area contributed by atoms with Crippen LogP contribution in [-0.4, -0.2) is 93.6 Å². The summed E-state index contributed by atoms with van der Waals surface area (Å²) in [5.74, 6) is -2.08. The Kier molecular flexibility index (Phi) is 12.2. The summed E-state index contributed by atoms with van der Waals surface area (Å²) in [5, 5.41) is 9.68. The normalized spacial score (nSPS) is 18.3. The zero-order valence-corrected chi connectivity index (χ0v) is 36.8. The first-order chi connectivity index (χ1) is 27.7. The van der Waals surface area contributed by atoms with Crippen molar-refractivity contribution in [2.45, 2.75) is 80.9 Å². The van der Waals surface area contributed by atoms with E-state index in [1.807, 2.05) is 49.3 Å². The predicted molar refractivity (Wildman–Crippen MR) is 228 cm³/mol. The zero-order valence-electron chi connectivity index (χ0n) is 33.5. The predicted octanol–water partition coefficient (Wildman–Crippen LogP) is 6.01. The van der Waals surface area contributed by atoms with Gasteiger partial charge in [-0.25, -0.2) is 9.00 Å². The highest BCUT2D eigenvalue weighted by molar-refractivity contribution is 7.86. The monoisotopic (exact) mass is 903 g/mol. The minimum Gasteiger partial charge on any atom is -0.478 e. The van der Waals surface area contributed by atoms with Crippen molar-refractivity contribution in [1.29, 1.82) is 0 Å². The van der Waals surface area contributed by atoms with Crippen molar-refractivity contribution in [2.75, 3.05) is 29.5 Å². The Hall–Kier alpha value is -4.34. The molecule has 15 nitrogen and oxygen atoms in total. The molecule has 0 saturated carbocycles. The van der Waals surface area contributed by atoms with Crippen LogP contribution < -0.4 is 4.90 Å². The van der Waals surface area contributed by atoms with E-state index in [1.165, 1.54) is 18.2 Å². The van der Waals surface area contributed by atoms with Crippen molar-refractivity contribution in [1.82, 2.24) is 0 Å². The van der Waals surface area contributed by atoms with Crippen LogP contribution in [-0.2, 0) is 65.1 Å². The van der Waals surface area contributed by atoms with Gasteiger partial charge in [-0.15, -0.1) is 0 Å². The fourth-order valence-corrected chi connectivity index (χ4v) is 11.1. The molecule has 3 aromatic rings. The van der Waals surface area contributed by atoms with Crippen LogP contribution in [0.5, 0.6) is 0 Å². The molecule has 19 heteroatoms. The van der Waals surface area contributed by atoms with E-state index in [1.54, 1.807) is 43.4 Å². The second kappa shape index (κ2) is 16.2. The molecule has 0 saturated heterocycles. The molecular weight excluding hydrogens is 857 g/mol. The summed E-state index contributed by atoms with van der Waals surface area (Å²) in [7, 11) is -13.1. The van der Waals surface area contributed by atoms with Gasteiger partial charge in [-0.05, 0) is 104 Å². The van der Waals surface area contributed by atoms with E-state index in [9.17, 15) is 57.6 Å². The van der Waals surface area contributed by atoms with E-state index >= 15 is 0 Å². The van der Waals surface area contributed by atoms with Crippen LogP contribution in [0.1, 0.15) is 78.7 Å². The molecule has 322 valence electrons. The molecule has 0 spiro atoms. The van der Waals surface area contributed by atoms with Crippen LogP contribution in [0, 0.1) is 6.92 Å². The average molecular weight is 904 g/mol. The van der Waals surface area contributed by atoms with Crippen LogP contribution in [0.2, 0.25) is 0 Å². The number of hydrogen-bond acceptors (Lipinski definition) is 9. The highest BCUT2D eigenvalue weighted by Crippen LogP contribution is 2.55. The van der Waals surface area contributed by atoms with Crippen molar-refractivity contribution in [2.24, 2.45) is 0 Å². The molecule has 1 aliphatic carbocycles. The van der Waals surface area contributed by atoms with Gasteiger partial charge < -0.3 is 14.6 Å². The Morgan fingerprint density at radius 2 is 1.53 bits per heavy atom. The van der Waals surface area contributed by atoms with Gasteiger partial charge in [0.15, 0.2) is 16.8 Å². The number of benzene rings is 3. The number of carbonyl (C=O) groups is 1. The largest absolute Gasteiger partial charge is 0.478 e. The van der Waals surface area contributed by atoms with Crippen LogP contribution in [0.3, 0.4) is 0 Å². The van der Waals surface area contributed by atoms with E-state index in [4.69, 9.17) is 0 Å². The minimum absolute atomic E-state index is 0.0231. The summed E-state index contributed by atoms with van der Waals surface area (Å²) in [4.78, 5) is 13.5. The highest BCUT2D eigenvalue weighted by atomic mass is 32.2. The third-order valence-corrected chi connectivity index (χ3v) is 14.6. The zero-order chi connectivity index (χ0) is 44.3.